The van der Waals surface area contributed by atoms with Gasteiger partial charge in [-0.25, -0.2) is 0 Å². The second kappa shape index (κ2) is 9.35. The number of hydrogen-bond acceptors (Lipinski definition) is 5. The largest absolute Gasteiger partial charge is 0.397 e. The molecule has 3 unspecified atom stereocenters. The van der Waals surface area contributed by atoms with Gasteiger partial charge in [0.25, 0.3) is 0 Å². The van der Waals surface area contributed by atoms with Crippen LogP contribution < -0.4 is 0 Å². The summed E-state index contributed by atoms with van der Waals surface area (Å²) >= 11 is 0. The minimum atomic E-state index is -2.31. The highest BCUT2D eigenvalue weighted by molar-refractivity contribution is 6.70. The predicted molar refractivity (Wildman–Crippen MR) is 89.1 cm³/mol. The van der Waals surface area contributed by atoms with Crippen molar-refractivity contribution in [1.29, 1.82) is 0 Å². The highest BCUT2D eigenvalue weighted by Crippen LogP contribution is 2.49. The Morgan fingerprint density at radius 3 is 2.23 bits per heavy atom. The molecule has 1 N–H and O–H groups in total. The summed E-state index contributed by atoms with van der Waals surface area (Å²) in [5.74, 6) is 0.505. The SMILES string of the molecule is CCCC1(OC)C(CC2CO2)CCC[Si]1(OC)OC.CCO. The minimum Gasteiger partial charge on any atom is -0.397 e. The number of rotatable bonds is 7. The van der Waals surface area contributed by atoms with Crippen molar-refractivity contribution in [2.45, 2.75) is 63.3 Å². The second-order valence-electron chi connectivity index (χ2n) is 6.10. The molecule has 2 rings (SSSR count). The Morgan fingerprint density at radius 1 is 1.23 bits per heavy atom. The van der Waals surface area contributed by atoms with Crippen molar-refractivity contribution >= 4 is 8.56 Å². The Bertz CT molecular complexity index is 307. The molecule has 132 valence electrons. The van der Waals surface area contributed by atoms with Crippen molar-refractivity contribution in [3.8, 4) is 0 Å². The van der Waals surface area contributed by atoms with E-state index in [0.29, 0.717) is 12.0 Å². The summed E-state index contributed by atoms with van der Waals surface area (Å²) in [6, 6.07) is 1.04. The van der Waals surface area contributed by atoms with Gasteiger partial charge < -0.3 is 23.4 Å². The van der Waals surface area contributed by atoms with E-state index in [9.17, 15) is 0 Å². The number of hydrogen-bond donors (Lipinski definition) is 1. The van der Waals surface area contributed by atoms with Gasteiger partial charge in [-0.3, -0.25) is 0 Å². The molecule has 6 heteroatoms. The normalized spacial score (nSPS) is 33.0. The van der Waals surface area contributed by atoms with Crippen molar-refractivity contribution in [2.75, 3.05) is 34.5 Å². The smallest absolute Gasteiger partial charge is 0.371 e. The van der Waals surface area contributed by atoms with Gasteiger partial charge in [0.1, 0.15) is 5.22 Å². The highest BCUT2D eigenvalue weighted by Gasteiger charge is 2.63. The molecule has 0 saturated carbocycles. The Morgan fingerprint density at radius 2 is 1.82 bits per heavy atom. The zero-order valence-corrected chi connectivity index (χ0v) is 15.9. The van der Waals surface area contributed by atoms with Crippen molar-refractivity contribution < 1.29 is 23.4 Å². The van der Waals surface area contributed by atoms with Gasteiger partial charge in [0, 0.05) is 27.9 Å². The van der Waals surface area contributed by atoms with Crippen LogP contribution in [0.4, 0.5) is 0 Å². The van der Waals surface area contributed by atoms with Crippen molar-refractivity contribution in [2.24, 2.45) is 5.92 Å². The van der Waals surface area contributed by atoms with E-state index in [2.05, 4.69) is 6.92 Å². The first kappa shape index (κ1) is 20.1. The summed E-state index contributed by atoms with van der Waals surface area (Å²) in [6.07, 6.45) is 6.03. The molecular formula is C16H34O5Si. The molecule has 0 spiro atoms. The molecule has 2 aliphatic heterocycles. The third-order valence-corrected chi connectivity index (χ3v) is 9.44. The third kappa shape index (κ3) is 4.10. The Kier molecular flexibility index (Phi) is 8.52. The van der Waals surface area contributed by atoms with Gasteiger partial charge in [0.2, 0.25) is 0 Å². The number of aliphatic hydroxyl groups excluding tert-OH is 1. The summed E-state index contributed by atoms with van der Waals surface area (Å²) in [5, 5.41) is 7.36. The van der Waals surface area contributed by atoms with E-state index in [4.69, 9.17) is 23.4 Å². The van der Waals surface area contributed by atoms with Crippen LogP contribution in [0.5, 0.6) is 0 Å². The van der Waals surface area contributed by atoms with Gasteiger partial charge in [0.15, 0.2) is 0 Å². The first-order chi connectivity index (χ1) is 10.6. The molecule has 2 fully saturated rings. The van der Waals surface area contributed by atoms with E-state index < -0.39 is 8.56 Å². The van der Waals surface area contributed by atoms with Crippen LogP contribution in [0.15, 0.2) is 0 Å². The quantitative estimate of drug-likeness (QED) is 0.573. The molecule has 0 aliphatic carbocycles. The molecule has 0 aromatic carbocycles. The van der Waals surface area contributed by atoms with Gasteiger partial charge in [-0.1, -0.05) is 19.8 Å². The molecule has 5 nitrogen and oxygen atoms in total. The highest BCUT2D eigenvalue weighted by atomic mass is 28.4. The van der Waals surface area contributed by atoms with Crippen molar-refractivity contribution in [3.63, 3.8) is 0 Å². The predicted octanol–water partition coefficient (Wildman–Crippen LogP) is 2.64. The number of aliphatic hydroxyl groups is 1. The van der Waals surface area contributed by atoms with E-state index >= 15 is 0 Å². The summed E-state index contributed by atoms with van der Waals surface area (Å²) in [4.78, 5) is 0. The third-order valence-electron chi connectivity index (χ3n) is 4.96. The Balaban J connectivity index is 0.000000745. The summed E-state index contributed by atoms with van der Waals surface area (Å²) < 4.78 is 23.5. The van der Waals surface area contributed by atoms with E-state index in [0.717, 1.165) is 31.9 Å². The van der Waals surface area contributed by atoms with Crippen LogP contribution in [0.2, 0.25) is 6.04 Å². The Labute approximate surface area is 136 Å². The maximum absolute atomic E-state index is 7.57. The van der Waals surface area contributed by atoms with Gasteiger partial charge in [-0.2, -0.15) is 0 Å². The van der Waals surface area contributed by atoms with Crippen LogP contribution >= 0.6 is 0 Å². The van der Waals surface area contributed by atoms with Crippen molar-refractivity contribution in [3.05, 3.63) is 0 Å². The zero-order chi connectivity index (χ0) is 16.6. The topological polar surface area (TPSA) is 60.5 Å². The summed E-state index contributed by atoms with van der Waals surface area (Å²) in [5.41, 5.74) is 0. The maximum Gasteiger partial charge on any atom is 0.371 e. The van der Waals surface area contributed by atoms with E-state index in [-0.39, 0.29) is 11.8 Å². The number of ether oxygens (including phenoxy) is 2. The van der Waals surface area contributed by atoms with Crippen LogP contribution in [-0.2, 0) is 18.3 Å². The average Bonchev–Trinajstić information content (AvgIpc) is 3.34. The van der Waals surface area contributed by atoms with E-state index in [1.165, 1.54) is 12.8 Å². The zero-order valence-electron chi connectivity index (χ0n) is 14.9. The molecule has 0 aromatic rings. The van der Waals surface area contributed by atoms with Gasteiger partial charge in [-0.15, -0.1) is 0 Å². The lowest BCUT2D eigenvalue weighted by Crippen LogP contribution is -2.68. The van der Waals surface area contributed by atoms with Crippen LogP contribution in [-0.4, -0.2) is 59.5 Å². The maximum atomic E-state index is 7.57. The molecule has 0 aromatic heterocycles. The lowest BCUT2D eigenvalue weighted by atomic mass is 9.88. The molecule has 2 heterocycles. The molecule has 0 amide bonds. The first-order valence-electron chi connectivity index (χ1n) is 8.47. The fourth-order valence-corrected chi connectivity index (χ4v) is 8.17. The van der Waals surface area contributed by atoms with Crippen LogP contribution in [0.1, 0.15) is 46.0 Å². The van der Waals surface area contributed by atoms with E-state index in [1.807, 2.05) is 7.11 Å². The lowest BCUT2D eigenvalue weighted by molar-refractivity contribution is -0.0577. The average molecular weight is 335 g/mol. The fourth-order valence-electron chi connectivity index (χ4n) is 3.99. The van der Waals surface area contributed by atoms with Gasteiger partial charge in [-0.05, 0) is 38.1 Å². The van der Waals surface area contributed by atoms with Crippen LogP contribution in [0, 0.1) is 5.92 Å². The fraction of sp³-hybridized carbons (Fsp3) is 1.00. The Hall–Kier alpha value is 0.0169. The second-order valence-corrected chi connectivity index (χ2v) is 9.77. The van der Waals surface area contributed by atoms with Crippen LogP contribution in [0.3, 0.4) is 0 Å². The van der Waals surface area contributed by atoms with Gasteiger partial charge in [0.05, 0.1) is 12.7 Å². The molecular weight excluding hydrogens is 300 g/mol. The van der Waals surface area contributed by atoms with Crippen LogP contribution in [0.25, 0.3) is 0 Å². The van der Waals surface area contributed by atoms with E-state index in [1.54, 1.807) is 21.1 Å². The molecule has 0 radical (unpaired) electrons. The molecule has 2 aliphatic rings. The molecule has 22 heavy (non-hydrogen) atoms. The lowest BCUT2D eigenvalue weighted by Gasteiger charge is -2.52. The number of epoxide rings is 1. The molecule has 3 atom stereocenters. The minimum absolute atomic E-state index is 0.213. The van der Waals surface area contributed by atoms with Crippen molar-refractivity contribution in [1.82, 2.24) is 0 Å². The first-order valence-corrected chi connectivity index (χ1v) is 10.5. The number of methoxy groups -OCH3 is 1. The molecule has 2 saturated heterocycles. The summed E-state index contributed by atoms with van der Waals surface area (Å²) in [6.45, 7) is 5.06. The molecule has 0 bridgehead atoms. The monoisotopic (exact) mass is 334 g/mol. The standard InChI is InChI=1S/C14H28O4Si.C2H6O/c1-5-8-14(15-2)12(10-13-11-18-13)7-6-9-19(14,16-3)17-4;1-2-3/h12-13H,5-11H2,1-4H3;3H,2H2,1H3. The van der Waals surface area contributed by atoms with Gasteiger partial charge >= 0.3 is 8.56 Å². The summed E-state index contributed by atoms with van der Waals surface area (Å²) in [7, 11) is 3.13.